The number of rotatable bonds is 6. The SMILES string of the molecule is CC(C)n1nnnc1SCC(=O)NC[C@H]1COc2ccccc2O1. The molecular weight excluding hydrogens is 330 g/mol. The van der Waals surface area contributed by atoms with E-state index < -0.39 is 0 Å². The van der Waals surface area contributed by atoms with Crippen LogP contribution in [0.3, 0.4) is 0 Å². The Morgan fingerprint density at radius 1 is 1.42 bits per heavy atom. The van der Waals surface area contributed by atoms with Crippen molar-refractivity contribution >= 4 is 17.7 Å². The molecule has 8 nitrogen and oxygen atoms in total. The minimum atomic E-state index is -0.199. The summed E-state index contributed by atoms with van der Waals surface area (Å²) in [6.07, 6.45) is -0.199. The van der Waals surface area contributed by atoms with Crippen molar-refractivity contribution in [3.05, 3.63) is 24.3 Å². The van der Waals surface area contributed by atoms with Crippen molar-refractivity contribution in [1.82, 2.24) is 25.5 Å². The number of nitrogens with zero attached hydrogens (tertiary/aromatic N) is 4. The molecule has 0 radical (unpaired) electrons. The van der Waals surface area contributed by atoms with E-state index in [0.717, 1.165) is 5.75 Å². The third-order valence-electron chi connectivity index (χ3n) is 3.38. The molecule has 0 saturated heterocycles. The Bertz CT molecular complexity index is 706. The van der Waals surface area contributed by atoms with Crippen molar-refractivity contribution in [3.8, 4) is 11.5 Å². The molecule has 1 N–H and O–H groups in total. The summed E-state index contributed by atoms with van der Waals surface area (Å²) in [5.74, 6) is 1.59. The zero-order chi connectivity index (χ0) is 16.9. The lowest BCUT2D eigenvalue weighted by Crippen LogP contribution is -2.41. The molecule has 0 bridgehead atoms. The molecular formula is C15H19N5O3S. The summed E-state index contributed by atoms with van der Waals surface area (Å²) in [5, 5.41) is 14.9. The van der Waals surface area contributed by atoms with E-state index in [4.69, 9.17) is 9.47 Å². The van der Waals surface area contributed by atoms with E-state index in [0.29, 0.717) is 24.1 Å². The van der Waals surface area contributed by atoms with Crippen LogP contribution in [0, 0.1) is 0 Å². The molecule has 0 spiro atoms. The maximum atomic E-state index is 12.0. The highest BCUT2D eigenvalue weighted by Gasteiger charge is 2.21. The fourth-order valence-corrected chi connectivity index (χ4v) is 3.01. The molecule has 128 valence electrons. The van der Waals surface area contributed by atoms with E-state index in [1.165, 1.54) is 11.8 Å². The van der Waals surface area contributed by atoms with Gasteiger partial charge in [-0.2, -0.15) is 0 Å². The van der Waals surface area contributed by atoms with Gasteiger partial charge in [0.1, 0.15) is 12.7 Å². The van der Waals surface area contributed by atoms with E-state index in [9.17, 15) is 4.79 Å². The first-order valence-electron chi connectivity index (χ1n) is 7.69. The number of nitrogens with one attached hydrogen (secondary N) is 1. The van der Waals surface area contributed by atoms with Crippen molar-refractivity contribution in [2.45, 2.75) is 31.1 Å². The molecule has 24 heavy (non-hydrogen) atoms. The van der Waals surface area contributed by atoms with E-state index in [1.54, 1.807) is 4.68 Å². The molecule has 1 aromatic heterocycles. The standard InChI is InChI=1S/C15H19N5O3S/c1-10(2)20-15(17-18-19-20)24-9-14(21)16-7-11-8-22-12-5-3-4-6-13(12)23-11/h3-6,10-11H,7-9H2,1-2H3,(H,16,21)/t11-/m0/s1. The summed E-state index contributed by atoms with van der Waals surface area (Å²) in [6, 6.07) is 7.65. The topological polar surface area (TPSA) is 91.2 Å². The van der Waals surface area contributed by atoms with Crippen LogP contribution >= 0.6 is 11.8 Å². The summed E-state index contributed by atoms with van der Waals surface area (Å²) in [6.45, 7) is 4.77. The van der Waals surface area contributed by atoms with Gasteiger partial charge >= 0.3 is 0 Å². The van der Waals surface area contributed by atoms with Gasteiger partial charge in [-0.1, -0.05) is 23.9 Å². The van der Waals surface area contributed by atoms with Gasteiger partial charge in [-0.3, -0.25) is 4.79 Å². The van der Waals surface area contributed by atoms with Crippen LogP contribution in [-0.2, 0) is 4.79 Å². The number of aromatic nitrogens is 4. The zero-order valence-corrected chi connectivity index (χ0v) is 14.3. The molecule has 0 unspecified atom stereocenters. The lowest BCUT2D eigenvalue weighted by molar-refractivity contribution is -0.119. The number of carbonyl (C=O) groups excluding carboxylic acids is 1. The van der Waals surface area contributed by atoms with E-state index in [-0.39, 0.29) is 23.8 Å². The van der Waals surface area contributed by atoms with Crippen LogP contribution in [0.15, 0.2) is 29.4 Å². The van der Waals surface area contributed by atoms with Crippen LogP contribution in [0.25, 0.3) is 0 Å². The number of benzene rings is 1. The highest BCUT2D eigenvalue weighted by molar-refractivity contribution is 7.99. The van der Waals surface area contributed by atoms with Crippen molar-refractivity contribution in [2.24, 2.45) is 0 Å². The smallest absolute Gasteiger partial charge is 0.230 e. The zero-order valence-electron chi connectivity index (χ0n) is 13.5. The Hall–Kier alpha value is -2.29. The van der Waals surface area contributed by atoms with Crippen LogP contribution in [0.4, 0.5) is 0 Å². The van der Waals surface area contributed by atoms with Crippen molar-refractivity contribution in [1.29, 1.82) is 0 Å². The highest BCUT2D eigenvalue weighted by atomic mass is 32.2. The van der Waals surface area contributed by atoms with Crippen molar-refractivity contribution in [2.75, 3.05) is 18.9 Å². The number of para-hydroxylation sites is 2. The maximum Gasteiger partial charge on any atom is 0.230 e. The van der Waals surface area contributed by atoms with Gasteiger partial charge in [-0.25, -0.2) is 4.68 Å². The predicted molar refractivity (Wildman–Crippen MR) is 88.3 cm³/mol. The number of fused-ring (bicyclic) bond motifs is 1. The molecule has 0 fully saturated rings. The first kappa shape index (κ1) is 16.6. The molecule has 0 saturated carbocycles. The Labute approximate surface area is 143 Å². The Morgan fingerprint density at radius 2 is 2.21 bits per heavy atom. The van der Waals surface area contributed by atoms with Gasteiger partial charge in [0.05, 0.1) is 18.3 Å². The van der Waals surface area contributed by atoms with Gasteiger partial charge in [0, 0.05) is 0 Å². The van der Waals surface area contributed by atoms with E-state index in [2.05, 4.69) is 20.8 Å². The van der Waals surface area contributed by atoms with Crippen LogP contribution in [-0.4, -0.2) is 51.1 Å². The second-order valence-electron chi connectivity index (χ2n) is 5.59. The number of tetrazole rings is 1. The number of hydrogen-bond acceptors (Lipinski definition) is 7. The molecule has 2 aromatic rings. The lowest BCUT2D eigenvalue weighted by atomic mass is 10.2. The van der Waals surface area contributed by atoms with Crippen molar-refractivity contribution in [3.63, 3.8) is 0 Å². The summed E-state index contributed by atoms with van der Waals surface area (Å²) in [4.78, 5) is 12.0. The summed E-state index contributed by atoms with van der Waals surface area (Å²) in [7, 11) is 0. The second-order valence-corrected chi connectivity index (χ2v) is 6.53. The Morgan fingerprint density at radius 3 is 3.00 bits per heavy atom. The van der Waals surface area contributed by atoms with Crippen LogP contribution in [0.2, 0.25) is 0 Å². The third kappa shape index (κ3) is 3.97. The molecule has 0 aliphatic carbocycles. The number of thioether (sulfide) groups is 1. The first-order chi connectivity index (χ1) is 11.6. The molecule has 1 aliphatic rings. The van der Waals surface area contributed by atoms with Gasteiger partial charge in [0.15, 0.2) is 11.5 Å². The van der Waals surface area contributed by atoms with Gasteiger partial charge in [0.2, 0.25) is 11.1 Å². The monoisotopic (exact) mass is 349 g/mol. The number of ether oxygens (including phenoxy) is 2. The normalized spacial score (nSPS) is 16.2. The lowest BCUT2D eigenvalue weighted by Gasteiger charge is -2.26. The predicted octanol–water partition coefficient (Wildman–Crippen LogP) is 1.30. The minimum Gasteiger partial charge on any atom is -0.486 e. The van der Waals surface area contributed by atoms with Gasteiger partial charge in [-0.15, -0.1) is 5.10 Å². The number of hydrogen-bond donors (Lipinski definition) is 1. The van der Waals surface area contributed by atoms with Gasteiger partial charge < -0.3 is 14.8 Å². The summed E-state index contributed by atoms with van der Waals surface area (Å²) in [5.41, 5.74) is 0. The fraction of sp³-hybridized carbons (Fsp3) is 0.467. The average molecular weight is 349 g/mol. The van der Waals surface area contributed by atoms with Crippen molar-refractivity contribution < 1.29 is 14.3 Å². The quantitative estimate of drug-likeness (QED) is 0.786. The van der Waals surface area contributed by atoms with E-state index >= 15 is 0 Å². The molecule has 1 amide bonds. The molecule has 1 aromatic carbocycles. The van der Waals surface area contributed by atoms with Crippen LogP contribution < -0.4 is 14.8 Å². The average Bonchev–Trinajstić information content (AvgIpc) is 3.07. The molecule has 2 heterocycles. The summed E-state index contributed by atoms with van der Waals surface area (Å²) < 4.78 is 13.1. The van der Waals surface area contributed by atoms with Gasteiger partial charge in [0.25, 0.3) is 0 Å². The molecule has 9 heteroatoms. The Kier molecular flexibility index (Phi) is 5.19. The van der Waals surface area contributed by atoms with Gasteiger partial charge in [-0.05, 0) is 36.4 Å². The highest BCUT2D eigenvalue weighted by Crippen LogP contribution is 2.30. The van der Waals surface area contributed by atoms with Crippen LogP contribution in [0.1, 0.15) is 19.9 Å². The van der Waals surface area contributed by atoms with E-state index in [1.807, 2.05) is 38.1 Å². The summed E-state index contributed by atoms with van der Waals surface area (Å²) >= 11 is 1.31. The minimum absolute atomic E-state index is 0.0965. The molecule has 1 aliphatic heterocycles. The fourth-order valence-electron chi connectivity index (χ4n) is 2.18. The largest absolute Gasteiger partial charge is 0.486 e. The maximum absolute atomic E-state index is 12.0. The Balaban J connectivity index is 1.44. The number of amides is 1. The molecule has 3 rings (SSSR count). The second kappa shape index (κ2) is 7.52. The first-order valence-corrected chi connectivity index (χ1v) is 8.68. The number of carbonyl (C=O) groups is 1. The molecule has 1 atom stereocenters. The van der Waals surface area contributed by atoms with Crippen LogP contribution in [0.5, 0.6) is 11.5 Å². The third-order valence-corrected chi connectivity index (χ3v) is 4.31.